The van der Waals surface area contributed by atoms with Crippen LogP contribution < -0.4 is 5.32 Å². The predicted molar refractivity (Wildman–Crippen MR) is 69.5 cm³/mol. The first-order chi connectivity index (χ1) is 8.83. The number of pyridine rings is 1. The van der Waals surface area contributed by atoms with Crippen LogP contribution in [-0.2, 0) is 6.54 Å². The van der Waals surface area contributed by atoms with Gasteiger partial charge in [-0.05, 0) is 31.0 Å². The van der Waals surface area contributed by atoms with Gasteiger partial charge in [0.25, 0.3) is 0 Å². The quantitative estimate of drug-likeness (QED) is 0.891. The van der Waals surface area contributed by atoms with Crippen LogP contribution in [0.1, 0.15) is 18.4 Å². The Morgan fingerprint density at radius 2 is 2.11 bits per heavy atom. The molecule has 0 radical (unpaired) electrons. The molecule has 2 aromatic rings. The van der Waals surface area contributed by atoms with Gasteiger partial charge in [0, 0.05) is 29.9 Å². The number of halogens is 1. The Kier molecular flexibility index (Phi) is 3.07. The molecule has 3 rings (SSSR count). The van der Waals surface area contributed by atoms with Crippen molar-refractivity contribution in [1.29, 1.82) is 0 Å². The van der Waals surface area contributed by atoms with Crippen molar-refractivity contribution < 1.29 is 4.39 Å². The van der Waals surface area contributed by atoms with E-state index in [0.29, 0.717) is 12.6 Å². The maximum absolute atomic E-state index is 13.9. The molecule has 3 heteroatoms. The third kappa shape index (κ3) is 2.57. The molecular formula is C15H15FN2. The normalized spacial score (nSPS) is 14.7. The minimum Gasteiger partial charge on any atom is -0.310 e. The maximum atomic E-state index is 13.9. The zero-order valence-electron chi connectivity index (χ0n) is 10.1. The summed E-state index contributed by atoms with van der Waals surface area (Å²) in [5.74, 6) is -0.161. The molecule has 92 valence electrons. The van der Waals surface area contributed by atoms with E-state index < -0.39 is 0 Å². The number of nitrogens with one attached hydrogen (secondary N) is 1. The van der Waals surface area contributed by atoms with Gasteiger partial charge in [0.05, 0.1) is 5.69 Å². The number of hydrogen-bond donors (Lipinski definition) is 1. The molecule has 0 atom stereocenters. The second kappa shape index (κ2) is 4.86. The molecule has 0 bridgehead atoms. The van der Waals surface area contributed by atoms with Crippen LogP contribution in [-0.4, -0.2) is 11.0 Å². The predicted octanol–water partition coefficient (Wildman–Crippen LogP) is 3.14. The molecule has 1 N–H and O–H groups in total. The molecule has 0 unspecified atom stereocenters. The van der Waals surface area contributed by atoms with Gasteiger partial charge in [0.1, 0.15) is 5.82 Å². The molecule has 0 amide bonds. The van der Waals surface area contributed by atoms with Crippen molar-refractivity contribution in [2.75, 3.05) is 0 Å². The Balaban J connectivity index is 1.79. The Morgan fingerprint density at radius 3 is 2.78 bits per heavy atom. The van der Waals surface area contributed by atoms with Crippen molar-refractivity contribution in [3.8, 4) is 11.3 Å². The van der Waals surface area contributed by atoms with Gasteiger partial charge in [0.2, 0.25) is 0 Å². The van der Waals surface area contributed by atoms with Gasteiger partial charge in [-0.25, -0.2) is 4.39 Å². The van der Waals surface area contributed by atoms with Gasteiger partial charge >= 0.3 is 0 Å². The summed E-state index contributed by atoms with van der Waals surface area (Å²) in [7, 11) is 0. The van der Waals surface area contributed by atoms with E-state index in [2.05, 4.69) is 10.3 Å². The van der Waals surface area contributed by atoms with Crippen molar-refractivity contribution in [2.24, 2.45) is 0 Å². The van der Waals surface area contributed by atoms with E-state index in [4.69, 9.17) is 0 Å². The average Bonchev–Trinajstić information content (AvgIpc) is 3.22. The summed E-state index contributed by atoms with van der Waals surface area (Å²) in [4.78, 5) is 4.22. The van der Waals surface area contributed by atoms with E-state index in [-0.39, 0.29) is 5.82 Å². The fourth-order valence-electron chi connectivity index (χ4n) is 1.93. The van der Waals surface area contributed by atoms with E-state index in [0.717, 1.165) is 16.8 Å². The molecule has 1 saturated carbocycles. The molecule has 18 heavy (non-hydrogen) atoms. The lowest BCUT2D eigenvalue weighted by atomic mass is 10.1. The summed E-state index contributed by atoms with van der Waals surface area (Å²) >= 11 is 0. The topological polar surface area (TPSA) is 24.9 Å². The lowest BCUT2D eigenvalue weighted by molar-refractivity contribution is 0.587. The molecule has 1 aromatic heterocycles. The zero-order valence-corrected chi connectivity index (χ0v) is 10.1. The highest BCUT2D eigenvalue weighted by Crippen LogP contribution is 2.22. The molecule has 1 aromatic carbocycles. The monoisotopic (exact) mass is 242 g/mol. The summed E-state index contributed by atoms with van der Waals surface area (Å²) in [5, 5.41) is 3.32. The molecule has 1 aliphatic rings. The number of aromatic nitrogens is 1. The summed E-state index contributed by atoms with van der Waals surface area (Å²) in [5.41, 5.74) is 2.35. The van der Waals surface area contributed by atoms with Crippen LogP contribution >= 0.6 is 0 Å². The highest BCUT2D eigenvalue weighted by Gasteiger charge is 2.20. The Morgan fingerprint density at radius 1 is 1.22 bits per heavy atom. The van der Waals surface area contributed by atoms with Crippen LogP contribution in [0.3, 0.4) is 0 Å². The van der Waals surface area contributed by atoms with Crippen LogP contribution in [0.4, 0.5) is 4.39 Å². The first-order valence-electron chi connectivity index (χ1n) is 6.26. The Bertz CT molecular complexity index is 535. The first-order valence-corrected chi connectivity index (χ1v) is 6.26. The standard InChI is InChI=1S/C15H15FN2/c16-14-9-11(15-3-1-2-8-17-15)4-5-12(14)10-18-13-6-7-13/h1-5,8-9,13,18H,6-7,10H2. The van der Waals surface area contributed by atoms with Gasteiger partial charge in [-0.2, -0.15) is 0 Å². The smallest absolute Gasteiger partial charge is 0.128 e. The van der Waals surface area contributed by atoms with Gasteiger partial charge in [0.15, 0.2) is 0 Å². The SMILES string of the molecule is Fc1cc(-c2ccccn2)ccc1CNC1CC1. The fraction of sp³-hybridized carbons (Fsp3) is 0.267. The number of hydrogen-bond acceptors (Lipinski definition) is 2. The van der Waals surface area contributed by atoms with E-state index in [1.807, 2.05) is 30.3 Å². The molecule has 0 spiro atoms. The lowest BCUT2D eigenvalue weighted by Crippen LogP contribution is -2.16. The van der Waals surface area contributed by atoms with E-state index >= 15 is 0 Å². The number of rotatable bonds is 4. The first kappa shape index (κ1) is 11.4. The molecule has 1 fully saturated rings. The fourth-order valence-corrected chi connectivity index (χ4v) is 1.93. The molecule has 1 heterocycles. The summed E-state index contributed by atoms with van der Waals surface area (Å²) < 4.78 is 13.9. The Labute approximate surface area is 106 Å². The van der Waals surface area contributed by atoms with Crippen LogP contribution in [0, 0.1) is 5.82 Å². The van der Waals surface area contributed by atoms with Gasteiger partial charge in [-0.3, -0.25) is 4.98 Å². The summed E-state index contributed by atoms with van der Waals surface area (Å²) in [6.45, 7) is 0.610. The van der Waals surface area contributed by atoms with Crippen LogP contribution in [0.2, 0.25) is 0 Å². The van der Waals surface area contributed by atoms with Gasteiger partial charge in [-0.15, -0.1) is 0 Å². The van der Waals surface area contributed by atoms with Crippen LogP contribution in [0.5, 0.6) is 0 Å². The second-order valence-electron chi connectivity index (χ2n) is 4.68. The van der Waals surface area contributed by atoms with Gasteiger partial charge < -0.3 is 5.32 Å². The minimum absolute atomic E-state index is 0.161. The van der Waals surface area contributed by atoms with Crippen molar-refractivity contribution >= 4 is 0 Å². The van der Waals surface area contributed by atoms with Crippen molar-refractivity contribution in [2.45, 2.75) is 25.4 Å². The van der Waals surface area contributed by atoms with E-state index in [9.17, 15) is 4.39 Å². The zero-order chi connectivity index (χ0) is 12.4. The van der Waals surface area contributed by atoms with Crippen molar-refractivity contribution in [3.05, 3.63) is 54.0 Å². The van der Waals surface area contributed by atoms with Crippen LogP contribution in [0.15, 0.2) is 42.6 Å². The summed E-state index contributed by atoms with van der Waals surface area (Å²) in [6, 6.07) is 11.6. The molecule has 0 aliphatic heterocycles. The molecule has 2 nitrogen and oxygen atoms in total. The molecular weight excluding hydrogens is 227 g/mol. The highest BCUT2D eigenvalue weighted by atomic mass is 19.1. The largest absolute Gasteiger partial charge is 0.310 e. The lowest BCUT2D eigenvalue weighted by Gasteiger charge is -2.07. The Hall–Kier alpha value is -1.74. The van der Waals surface area contributed by atoms with Crippen molar-refractivity contribution in [3.63, 3.8) is 0 Å². The number of benzene rings is 1. The minimum atomic E-state index is -0.161. The van der Waals surface area contributed by atoms with Crippen molar-refractivity contribution in [1.82, 2.24) is 10.3 Å². The molecule has 0 saturated heterocycles. The van der Waals surface area contributed by atoms with Gasteiger partial charge in [-0.1, -0.05) is 18.2 Å². The molecule has 1 aliphatic carbocycles. The highest BCUT2D eigenvalue weighted by molar-refractivity contribution is 5.59. The van der Waals surface area contributed by atoms with E-state index in [1.54, 1.807) is 12.3 Å². The summed E-state index contributed by atoms with van der Waals surface area (Å²) in [6.07, 6.45) is 4.15. The second-order valence-corrected chi connectivity index (χ2v) is 4.68. The average molecular weight is 242 g/mol. The van der Waals surface area contributed by atoms with E-state index in [1.165, 1.54) is 12.8 Å². The van der Waals surface area contributed by atoms with Crippen LogP contribution in [0.25, 0.3) is 11.3 Å². The number of nitrogens with zero attached hydrogens (tertiary/aromatic N) is 1. The third-order valence-corrected chi connectivity index (χ3v) is 3.17. The maximum Gasteiger partial charge on any atom is 0.128 e. The third-order valence-electron chi connectivity index (χ3n) is 3.17.